The van der Waals surface area contributed by atoms with Gasteiger partial charge in [0, 0.05) is 10.9 Å². The van der Waals surface area contributed by atoms with Crippen LogP contribution in [0.3, 0.4) is 0 Å². The zero-order valence-corrected chi connectivity index (χ0v) is 13.1. The molecule has 2 heterocycles. The van der Waals surface area contributed by atoms with Crippen LogP contribution in [-0.2, 0) is 11.3 Å². The zero-order valence-electron chi connectivity index (χ0n) is 11.5. The summed E-state index contributed by atoms with van der Waals surface area (Å²) in [6, 6.07) is 11.4. The topological polar surface area (TPSA) is 32.8 Å². The maximum absolute atomic E-state index is 12.3. The van der Waals surface area contributed by atoms with Gasteiger partial charge in [-0.15, -0.1) is 11.3 Å². The van der Waals surface area contributed by atoms with Crippen molar-refractivity contribution in [1.82, 2.24) is 4.90 Å². The number of thiocarbonyl (C=S) groups is 1. The predicted octanol–water partition coefficient (Wildman–Crippen LogP) is 2.89. The number of methoxy groups -OCH3 is 1. The Kier molecular flexibility index (Phi) is 3.90. The maximum atomic E-state index is 12.3. The molecule has 2 aromatic rings. The Labute approximate surface area is 132 Å². The predicted molar refractivity (Wildman–Crippen MR) is 87.8 cm³/mol. The van der Waals surface area contributed by atoms with Gasteiger partial charge in [-0.1, -0.05) is 12.1 Å². The number of ether oxygens (including phenoxy) is 1. The monoisotopic (exact) mass is 318 g/mol. The zero-order chi connectivity index (χ0) is 14.8. The number of hydrogen-bond donors (Lipinski definition) is 0. The average molecular weight is 318 g/mol. The van der Waals surface area contributed by atoms with E-state index in [1.54, 1.807) is 23.3 Å². The van der Waals surface area contributed by atoms with Crippen LogP contribution in [0.1, 0.15) is 4.88 Å². The molecule has 0 atom stereocenters. The fourth-order valence-corrected chi connectivity index (χ4v) is 3.32. The van der Waals surface area contributed by atoms with Gasteiger partial charge in [0.2, 0.25) is 0 Å². The van der Waals surface area contributed by atoms with E-state index in [1.807, 2.05) is 46.7 Å². The number of thiophene rings is 1. The Morgan fingerprint density at radius 3 is 2.90 bits per heavy atom. The number of rotatable bonds is 4. The highest BCUT2D eigenvalue weighted by molar-refractivity contribution is 7.80. The first-order valence-corrected chi connectivity index (χ1v) is 7.76. The number of benzene rings is 1. The van der Waals surface area contributed by atoms with E-state index >= 15 is 0 Å². The lowest BCUT2D eigenvalue weighted by Crippen LogP contribution is -2.32. The molecule has 0 aliphatic carbocycles. The van der Waals surface area contributed by atoms with Gasteiger partial charge in [0.1, 0.15) is 12.3 Å². The Morgan fingerprint density at radius 2 is 2.19 bits per heavy atom. The van der Waals surface area contributed by atoms with Crippen molar-refractivity contribution in [3.63, 3.8) is 0 Å². The molecule has 4 nitrogen and oxygen atoms in total. The molecule has 0 bridgehead atoms. The van der Waals surface area contributed by atoms with Crippen molar-refractivity contribution in [3.05, 3.63) is 46.7 Å². The van der Waals surface area contributed by atoms with E-state index in [4.69, 9.17) is 17.0 Å². The molecule has 21 heavy (non-hydrogen) atoms. The Bertz CT molecular complexity index is 670. The van der Waals surface area contributed by atoms with Crippen molar-refractivity contribution >= 4 is 40.3 Å². The molecule has 1 amide bonds. The van der Waals surface area contributed by atoms with Gasteiger partial charge in [-0.05, 0) is 35.8 Å². The van der Waals surface area contributed by atoms with Crippen LogP contribution in [0.5, 0.6) is 5.75 Å². The SMILES string of the molecule is COc1cccc(N2C(=O)CN(Cc3cccs3)C2=S)c1. The summed E-state index contributed by atoms with van der Waals surface area (Å²) in [5, 5.41) is 2.57. The summed E-state index contributed by atoms with van der Waals surface area (Å²) in [7, 11) is 1.60. The lowest BCUT2D eigenvalue weighted by atomic mass is 10.3. The van der Waals surface area contributed by atoms with Crippen molar-refractivity contribution in [2.24, 2.45) is 0 Å². The Hall–Kier alpha value is -1.92. The number of carbonyl (C=O) groups excluding carboxylic acids is 1. The molecular formula is C15H14N2O2S2. The van der Waals surface area contributed by atoms with Crippen LogP contribution < -0.4 is 9.64 Å². The molecule has 1 saturated heterocycles. The first-order chi connectivity index (χ1) is 10.2. The summed E-state index contributed by atoms with van der Waals surface area (Å²) in [5.41, 5.74) is 0.748. The lowest BCUT2D eigenvalue weighted by molar-refractivity contribution is -0.116. The van der Waals surface area contributed by atoms with Crippen molar-refractivity contribution < 1.29 is 9.53 Å². The van der Waals surface area contributed by atoms with Gasteiger partial charge >= 0.3 is 0 Å². The van der Waals surface area contributed by atoms with Crippen LogP contribution in [0.2, 0.25) is 0 Å². The molecule has 0 unspecified atom stereocenters. The van der Waals surface area contributed by atoms with Gasteiger partial charge in [0.05, 0.1) is 19.3 Å². The van der Waals surface area contributed by atoms with Crippen LogP contribution in [-0.4, -0.2) is 29.6 Å². The van der Waals surface area contributed by atoms with Crippen LogP contribution in [0.25, 0.3) is 0 Å². The first kappa shape index (κ1) is 14.0. The molecule has 0 radical (unpaired) electrons. The number of nitrogens with zero attached hydrogens (tertiary/aromatic N) is 2. The van der Waals surface area contributed by atoms with Gasteiger partial charge < -0.3 is 9.64 Å². The Balaban J connectivity index is 1.83. The Morgan fingerprint density at radius 1 is 1.33 bits per heavy atom. The highest BCUT2D eigenvalue weighted by atomic mass is 32.1. The fourth-order valence-electron chi connectivity index (χ4n) is 2.27. The molecular weight excluding hydrogens is 304 g/mol. The number of anilines is 1. The second-order valence-electron chi connectivity index (χ2n) is 4.65. The van der Waals surface area contributed by atoms with Crippen LogP contribution in [0.15, 0.2) is 41.8 Å². The van der Waals surface area contributed by atoms with Gasteiger partial charge in [-0.25, -0.2) is 0 Å². The molecule has 1 aliphatic heterocycles. The molecule has 108 valence electrons. The second kappa shape index (κ2) is 5.83. The average Bonchev–Trinajstić information content (AvgIpc) is 3.08. The molecule has 0 saturated carbocycles. The van der Waals surface area contributed by atoms with Crippen LogP contribution in [0.4, 0.5) is 5.69 Å². The molecule has 1 fully saturated rings. The molecule has 0 spiro atoms. The van der Waals surface area contributed by atoms with Gasteiger partial charge in [0.25, 0.3) is 5.91 Å². The van der Waals surface area contributed by atoms with E-state index < -0.39 is 0 Å². The normalized spacial score (nSPS) is 14.9. The van der Waals surface area contributed by atoms with Crippen molar-refractivity contribution in [1.29, 1.82) is 0 Å². The van der Waals surface area contributed by atoms with E-state index in [9.17, 15) is 4.79 Å². The summed E-state index contributed by atoms with van der Waals surface area (Å²) in [6.07, 6.45) is 0. The van der Waals surface area contributed by atoms with Gasteiger partial charge in [0.15, 0.2) is 5.11 Å². The van der Waals surface area contributed by atoms with Crippen LogP contribution in [0, 0.1) is 0 Å². The molecule has 3 rings (SSSR count). The van der Waals surface area contributed by atoms with E-state index in [2.05, 4.69) is 0 Å². The third-order valence-corrected chi connectivity index (χ3v) is 4.58. The standard InChI is InChI=1S/C15H14N2O2S2/c1-19-12-5-2-4-11(8-12)17-14(18)10-16(15(17)20)9-13-6-3-7-21-13/h2-8H,9-10H2,1H3. The highest BCUT2D eigenvalue weighted by Crippen LogP contribution is 2.26. The summed E-state index contributed by atoms with van der Waals surface area (Å²) in [5.74, 6) is 0.699. The maximum Gasteiger partial charge on any atom is 0.252 e. The quantitative estimate of drug-likeness (QED) is 0.812. The molecule has 1 aliphatic rings. The summed E-state index contributed by atoms with van der Waals surface area (Å²) >= 11 is 7.13. The van der Waals surface area contributed by atoms with Crippen molar-refractivity contribution in [3.8, 4) is 5.75 Å². The second-order valence-corrected chi connectivity index (χ2v) is 6.05. The van der Waals surface area contributed by atoms with Gasteiger partial charge in [-0.2, -0.15) is 0 Å². The van der Waals surface area contributed by atoms with Crippen molar-refractivity contribution in [2.75, 3.05) is 18.6 Å². The fraction of sp³-hybridized carbons (Fsp3) is 0.200. The molecule has 1 aromatic carbocycles. The smallest absolute Gasteiger partial charge is 0.252 e. The first-order valence-electron chi connectivity index (χ1n) is 6.47. The minimum absolute atomic E-state index is 0.00944. The lowest BCUT2D eigenvalue weighted by Gasteiger charge is -2.20. The number of amides is 1. The molecule has 1 aromatic heterocycles. The van der Waals surface area contributed by atoms with Crippen molar-refractivity contribution in [2.45, 2.75) is 6.54 Å². The minimum Gasteiger partial charge on any atom is -0.497 e. The third-order valence-electron chi connectivity index (χ3n) is 3.28. The van der Waals surface area contributed by atoms with E-state index in [0.717, 1.165) is 5.69 Å². The summed E-state index contributed by atoms with van der Waals surface area (Å²) in [6.45, 7) is 0.983. The largest absolute Gasteiger partial charge is 0.497 e. The van der Waals surface area contributed by atoms with Crippen LogP contribution >= 0.6 is 23.6 Å². The highest BCUT2D eigenvalue weighted by Gasteiger charge is 2.34. The molecule has 6 heteroatoms. The van der Waals surface area contributed by atoms with Gasteiger partial charge in [-0.3, -0.25) is 9.69 Å². The number of hydrogen-bond acceptors (Lipinski definition) is 4. The third kappa shape index (κ3) is 2.77. The summed E-state index contributed by atoms with van der Waals surface area (Å²) in [4.78, 5) is 17.0. The molecule has 0 N–H and O–H groups in total. The van der Waals surface area contributed by atoms with E-state index in [0.29, 0.717) is 24.0 Å². The summed E-state index contributed by atoms with van der Waals surface area (Å²) < 4.78 is 5.20. The van der Waals surface area contributed by atoms with E-state index in [-0.39, 0.29) is 5.91 Å². The number of carbonyl (C=O) groups is 1. The minimum atomic E-state index is -0.00944. The van der Waals surface area contributed by atoms with E-state index in [1.165, 1.54) is 4.88 Å².